The Morgan fingerprint density at radius 2 is 2.04 bits per heavy atom. The molecule has 0 saturated heterocycles. The van der Waals surface area contributed by atoms with Gasteiger partial charge in [0.25, 0.3) is 0 Å². The summed E-state index contributed by atoms with van der Waals surface area (Å²) in [5.41, 5.74) is 3.29. The van der Waals surface area contributed by atoms with Crippen LogP contribution in [0.25, 0.3) is 22.3 Å². The van der Waals surface area contributed by atoms with E-state index in [-0.39, 0.29) is 6.04 Å². The highest BCUT2D eigenvalue weighted by Crippen LogP contribution is 2.30. The van der Waals surface area contributed by atoms with E-state index in [1.54, 1.807) is 12.7 Å². The molecule has 0 saturated carbocycles. The summed E-state index contributed by atoms with van der Waals surface area (Å²) in [5.74, 6) is 0.945. The van der Waals surface area contributed by atoms with Gasteiger partial charge in [-0.25, -0.2) is 9.97 Å². The summed E-state index contributed by atoms with van der Waals surface area (Å²) >= 11 is 0. The van der Waals surface area contributed by atoms with Crippen molar-refractivity contribution in [3.05, 3.63) is 61.1 Å². The highest BCUT2D eigenvalue weighted by Gasteiger charge is 2.15. The third kappa shape index (κ3) is 2.46. The first-order valence-corrected chi connectivity index (χ1v) is 7.94. The minimum Gasteiger partial charge on any atom is -0.326 e. The zero-order chi connectivity index (χ0) is 16.5. The Labute approximate surface area is 139 Å². The summed E-state index contributed by atoms with van der Waals surface area (Å²) in [7, 11) is 0. The second-order valence-electron chi connectivity index (χ2n) is 5.95. The number of imidazole rings is 1. The second kappa shape index (κ2) is 5.88. The predicted octanol–water partition coefficient (Wildman–Crippen LogP) is 3.26. The number of hydrogen-bond acceptors (Lipinski definition) is 4. The van der Waals surface area contributed by atoms with Crippen LogP contribution in [0, 0.1) is 6.92 Å². The lowest BCUT2D eigenvalue weighted by atomic mass is 10.0. The number of rotatable bonds is 4. The maximum Gasteiger partial charge on any atom is 0.140 e. The van der Waals surface area contributed by atoms with Crippen LogP contribution in [0.15, 0.2) is 55.5 Å². The molecule has 3 heterocycles. The van der Waals surface area contributed by atoms with E-state index in [9.17, 15) is 0 Å². The molecular weight excluding hydrogens is 300 g/mol. The van der Waals surface area contributed by atoms with Gasteiger partial charge in [0.2, 0.25) is 0 Å². The van der Waals surface area contributed by atoms with Crippen LogP contribution in [0.3, 0.4) is 0 Å². The lowest BCUT2D eigenvalue weighted by Gasteiger charge is -2.17. The molecule has 0 N–H and O–H groups in total. The van der Waals surface area contributed by atoms with Crippen molar-refractivity contribution in [2.24, 2.45) is 0 Å². The Bertz CT molecular complexity index is 970. The number of benzene rings is 1. The van der Waals surface area contributed by atoms with Crippen molar-refractivity contribution in [2.45, 2.75) is 26.4 Å². The molecule has 0 aliphatic carbocycles. The van der Waals surface area contributed by atoms with Gasteiger partial charge in [0, 0.05) is 29.5 Å². The van der Waals surface area contributed by atoms with Gasteiger partial charge >= 0.3 is 0 Å². The third-order valence-electron chi connectivity index (χ3n) is 4.27. The minimum atomic E-state index is 0.206. The van der Waals surface area contributed by atoms with E-state index in [4.69, 9.17) is 0 Å². The van der Waals surface area contributed by atoms with Crippen LogP contribution in [0.4, 0.5) is 0 Å². The van der Waals surface area contributed by atoms with E-state index in [1.807, 2.05) is 29.3 Å². The molecule has 0 bridgehead atoms. The SMILES string of the molecule is Cc1ccc(-c2nccn2C(C)Cn2cncn2)c2cccnc12. The lowest BCUT2D eigenvalue weighted by Crippen LogP contribution is -2.14. The Balaban J connectivity index is 1.79. The van der Waals surface area contributed by atoms with Crippen LogP contribution in [-0.4, -0.2) is 29.3 Å². The fourth-order valence-corrected chi connectivity index (χ4v) is 3.07. The summed E-state index contributed by atoms with van der Waals surface area (Å²) in [6, 6.07) is 8.51. The molecule has 1 unspecified atom stereocenters. The third-order valence-corrected chi connectivity index (χ3v) is 4.27. The smallest absolute Gasteiger partial charge is 0.140 e. The topological polar surface area (TPSA) is 61.4 Å². The van der Waals surface area contributed by atoms with Crippen molar-refractivity contribution < 1.29 is 0 Å². The summed E-state index contributed by atoms with van der Waals surface area (Å²) < 4.78 is 4.02. The number of aryl methyl sites for hydroxylation is 1. The van der Waals surface area contributed by atoms with Crippen LogP contribution < -0.4 is 0 Å². The van der Waals surface area contributed by atoms with Crippen LogP contribution in [-0.2, 0) is 6.54 Å². The van der Waals surface area contributed by atoms with Crippen molar-refractivity contribution in [1.29, 1.82) is 0 Å². The molecule has 6 heteroatoms. The first-order valence-electron chi connectivity index (χ1n) is 7.94. The van der Waals surface area contributed by atoms with Gasteiger partial charge in [0.05, 0.1) is 18.1 Å². The molecule has 0 aliphatic rings. The quantitative estimate of drug-likeness (QED) is 0.579. The Hall–Kier alpha value is -3.02. The van der Waals surface area contributed by atoms with Crippen molar-refractivity contribution >= 4 is 10.9 Å². The molecular formula is C18H18N6. The van der Waals surface area contributed by atoms with E-state index in [0.29, 0.717) is 0 Å². The van der Waals surface area contributed by atoms with Crippen molar-refractivity contribution in [3.8, 4) is 11.4 Å². The summed E-state index contributed by atoms with van der Waals surface area (Å²) in [6.45, 7) is 4.98. The number of hydrogen-bond donors (Lipinski definition) is 0. The fourth-order valence-electron chi connectivity index (χ4n) is 3.07. The Kier molecular flexibility index (Phi) is 3.57. The van der Waals surface area contributed by atoms with Crippen molar-refractivity contribution in [1.82, 2.24) is 29.3 Å². The highest BCUT2D eigenvalue weighted by molar-refractivity contribution is 5.94. The van der Waals surface area contributed by atoms with E-state index in [1.165, 1.54) is 5.56 Å². The monoisotopic (exact) mass is 318 g/mol. The van der Waals surface area contributed by atoms with Gasteiger partial charge in [0.15, 0.2) is 0 Å². The zero-order valence-electron chi connectivity index (χ0n) is 13.7. The first kappa shape index (κ1) is 14.6. The Morgan fingerprint density at radius 3 is 2.88 bits per heavy atom. The molecule has 24 heavy (non-hydrogen) atoms. The molecule has 4 rings (SSSR count). The van der Waals surface area contributed by atoms with Crippen LogP contribution >= 0.6 is 0 Å². The van der Waals surface area contributed by atoms with Gasteiger partial charge in [-0.15, -0.1) is 0 Å². The molecule has 0 radical (unpaired) electrons. The van der Waals surface area contributed by atoms with Gasteiger partial charge in [-0.1, -0.05) is 18.2 Å². The largest absolute Gasteiger partial charge is 0.326 e. The van der Waals surface area contributed by atoms with Crippen LogP contribution in [0.5, 0.6) is 0 Å². The predicted molar refractivity (Wildman–Crippen MR) is 92.4 cm³/mol. The molecule has 1 aromatic carbocycles. The van der Waals surface area contributed by atoms with Gasteiger partial charge in [-0.2, -0.15) is 5.10 Å². The Morgan fingerprint density at radius 1 is 1.12 bits per heavy atom. The number of nitrogens with zero attached hydrogens (tertiary/aromatic N) is 6. The molecule has 0 aliphatic heterocycles. The average molecular weight is 318 g/mol. The average Bonchev–Trinajstić information content (AvgIpc) is 3.27. The molecule has 1 atom stereocenters. The standard InChI is InChI=1S/C18H18N6/c1-13-5-6-16(15-4-3-7-20-17(13)15)18-21-8-9-24(18)14(2)10-23-12-19-11-22-23/h3-9,11-12,14H,10H2,1-2H3. The normalized spacial score (nSPS) is 12.6. The van der Waals surface area contributed by atoms with E-state index < -0.39 is 0 Å². The fraction of sp³-hybridized carbons (Fsp3) is 0.222. The van der Waals surface area contributed by atoms with Crippen molar-refractivity contribution in [3.63, 3.8) is 0 Å². The first-order chi connectivity index (χ1) is 11.7. The molecule has 3 aromatic heterocycles. The minimum absolute atomic E-state index is 0.206. The van der Waals surface area contributed by atoms with Gasteiger partial charge in [0.1, 0.15) is 18.5 Å². The van der Waals surface area contributed by atoms with Crippen molar-refractivity contribution in [2.75, 3.05) is 0 Å². The lowest BCUT2D eigenvalue weighted by molar-refractivity contribution is 0.439. The molecule has 0 fully saturated rings. The van der Waals surface area contributed by atoms with Crippen LogP contribution in [0.2, 0.25) is 0 Å². The van der Waals surface area contributed by atoms with E-state index in [0.717, 1.165) is 28.8 Å². The highest BCUT2D eigenvalue weighted by atomic mass is 15.3. The van der Waals surface area contributed by atoms with E-state index >= 15 is 0 Å². The zero-order valence-corrected chi connectivity index (χ0v) is 13.7. The van der Waals surface area contributed by atoms with Crippen LogP contribution in [0.1, 0.15) is 18.5 Å². The van der Waals surface area contributed by atoms with E-state index in [2.05, 4.69) is 56.7 Å². The number of pyridine rings is 1. The summed E-state index contributed by atoms with van der Waals surface area (Å²) in [5, 5.41) is 5.31. The van der Waals surface area contributed by atoms with Gasteiger partial charge < -0.3 is 4.57 Å². The maximum atomic E-state index is 4.61. The summed E-state index contributed by atoms with van der Waals surface area (Å²) in [4.78, 5) is 13.1. The van der Waals surface area contributed by atoms with Gasteiger partial charge in [-0.05, 0) is 25.5 Å². The molecule has 120 valence electrons. The molecule has 0 amide bonds. The van der Waals surface area contributed by atoms with Gasteiger partial charge in [-0.3, -0.25) is 9.67 Å². The maximum absolute atomic E-state index is 4.61. The molecule has 6 nitrogen and oxygen atoms in total. The molecule has 0 spiro atoms. The number of aromatic nitrogens is 6. The second-order valence-corrected chi connectivity index (χ2v) is 5.95. The molecule has 4 aromatic rings. The summed E-state index contributed by atoms with van der Waals surface area (Å²) in [6.07, 6.45) is 8.98. The number of fused-ring (bicyclic) bond motifs is 1.